The molecule has 5 nitrogen and oxygen atoms in total. The van der Waals surface area contributed by atoms with Crippen molar-refractivity contribution in [3.05, 3.63) is 29.8 Å². The summed E-state index contributed by atoms with van der Waals surface area (Å²) in [5.41, 5.74) is 0.612. The molecule has 1 aromatic rings. The summed E-state index contributed by atoms with van der Waals surface area (Å²) in [6.45, 7) is 2.11. The highest BCUT2D eigenvalue weighted by Crippen LogP contribution is 2.42. The lowest BCUT2D eigenvalue weighted by atomic mass is 9.76. The van der Waals surface area contributed by atoms with E-state index in [2.05, 4.69) is 6.92 Å². The van der Waals surface area contributed by atoms with E-state index in [4.69, 9.17) is 5.11 Å². The van der Waals surface area contributed by atoms with Crippen molar-refractivity contribution in [1.29, 1.82) is 0 Å². The minimum absolute atomic E-state index is 0.139. The van der Waals surface area contributed by atoms with Gasteiger partial charge in [-0.2, -0.15) is 0 Å². The third-order valence-corrected chi connectivity index (χ3v) is 4.56. The number of rotatable bonds is 2. The maximum absolute atomic E-state index is 12.5. The first-order chi connectivity index (χ1) is 9.99. The highest BCUT2D eigenvalue weighted by molar-refractivity contribution is 6.22. The van der Waals surface area contributed by atoms with Crippen LogP contribution in [0.5, 0.6) is 0 Å². The van der Waals surface area contributed by atoms with Gasteiger partial charge in [-0.1, -0.05) is 6.92 Å². The molecule has 110 valence electrons. The van der Waals surface area contributed by atoms with Gasteiger partial charge in [0.25, 0.3) is 0 Å². The van der Waals surface area contributed by atoms with Crippen molar-refractivity contribution in [2.75, 3.05) is 4.90 Å². The van der Waals surface area contributed by atoms with Gasteiger partial charge in [-0.3, -0.25) is 14.5 Å². The Morgan fingerprint density at radius 2 is 1.71 bits per heavy atom. The van der Waals surface area contributed by atoms with Crippen LogP contribution >= 0.6 is 0 Å². The standard InChI is InChI=1S/C16H17NO4/c1-9-2-7-12-13(8-9)15(19)17(14(12)18)11-5-3-10(4-6-11)16(20)21/h3-6,9,12-13H,2,7-8H2,1H3,(H,20,21)/t9-,12-,13+/m1/s1. The van der Waals surface area contributed by atoms with E-state index in [1.807, 2.05) is 0 Å². The zero-order valence-electron chi connectivity index (χ0n) is 11.8. The molecule has 3 atom stereocenters. The summed E-state index contributed by atoms with van der Waals surface area (Å²) < 4.78 is 0. The number of hydrogen-bond acceptors (Lipinski definition) is 3. The maximum atomic E-state index is 12.5. The number of fused-ring (bicyclic) bond motifs is 1. The second-order valence-electron chi connectivity index (χ2n) is 6.00. The van der Waals surface area contributed by atoms with E-state index in [-0.39, 0.29) is 29.2 Å². The summed E-state index contributed by atoms with van der Waals surface area (Å²) in [7, 11) is 0. The fourth-order valence-corrected chi connectivity index (χ4v) is 3.40. The van der Waals surface area contributed by atoms with Gasteiger partial charge in [0.15, 0.2) is 0 Å². The van der Waals surface area contributed by atoms with E-state index in [1.165, 1.54) is 29.2 Å². The van der Waals surface area contributed by atoms with E-state index in [0.717, 1.165) is 19.3 Å². The average Bonchev–Trinajstić information content (AvgIpc) is 2.70. The van der Waals surface area contributed by atoms with Gasteiger partial charge in [0.2, 0.25) is 11.8 Å². The lowest BCUT2D eigenvalue weighted by Gasteiger charge is -2.25. The molecule has 0 aromatic heterocycles. The maximum Gasteiger partial charge on any atom is 0.335 e. The predicted molar refractivity (Wildman–Crippen MR) is 75.9 cm³/mol. The van der Waals surface area contributed by atoms with Gasteiger partial charge in [-0.05, 0) is 49.4 Å². The lowest BCUT2D eigenvalue weighted by Crippen LogP contribution is -2.30. The Kier molecular flexibility index (Phi) is 3.27. The van der Waals surface area contributed by atoms with E-state index >= 15 is 0 Å². The van der Waals surface area contributed by atoms with Crippen molar-refractivity contribution in [3.8, 4) is 0 Å². The zero-order valence-corrected chi connectivity index (χ0v) is 11.8. The lowest BCUT2D eigenvalue weighted by molar-refractivity contribution is -0.122. The molecule has 2 fully saturated rings. The van der Waals surface area contributed by atoms with Crippen LogP contribution in [-0.2, 0) is 9.59 Å². The molecule has 0 spiro atoms. The summed E-state index contributed by atoms with van der Waals surface area (Å²) >= 11 is 0. The molecule has 1 heterocycles. The fraction of sp³-hybridized carbons (Fsp3) is 0.438. The Hall–Kier alpha value is -2.17. The summed E-state index contributed by atoms with van der Waals surface area (Å²) in [6, 6.07) is 5.89. The molecule has 1 saturated heterocycles. The van der Waals surface area contributed by atoms with Crippen LogP contribution < -0.4 is 4.90 Å². The molecule has 2 amide bonds. The third kappa shape index (κ3) is 2.22. The van der Waals surface area contributed by atoms with Gasteiger partial charge >= 0.3 is 5.97 Å². The Morgan fingerprint density at radius 3 is 2.33 bits per heavy atom. The molecule has 3 rings (SSSR count). The number of amides is 2. The average molecular weight is 287 g/mol. The first kappa shape index (κ1) is 13.8. The van der Waals surface area contributed by atoms with Crippen molar-refractivity contribution in [1.82, 2.24) is 0 Å². The smallest absolute Gasteiger partial charge is 0.335 e. The number of imide groups is 1. The Labute approximate surface area is 122 Å². The van der Waals surface area contributed by atoms with Crippen molar-refractivity contribution >= 4 is 23.5 Å². The number of nitrogens with zero attached hydrogens (tertiary/aromatic N) is 1. The van der Waals surface area contributed by atoms with Gasteiger partial charge in [-0.15, -0.1) is 0 Å². The molecule has 2 aliphatic rings. The van der Waals surface area contributed by atoms with E-state index in [0.29, 0.717) is 11.6 Å². The van der Waals surface area contributed by atoms with Gasteiger partial charge in [0.1, 0.15) is 0 Å². The minimum Gasteiger partial charge on any atom is -0.478 e. The topological polar surface area (TPSA) is 74.7 Å². The first-order valence-corrected chi connectivity index (χ1v) is 7.20. The minimum atomic E-state index is -1.02. The Bertz CT molecular complexity index is 607. The molecule has 0 bridgehead atoms. The predicted octanol–water partition coefficient (Wildman–Crippen LogP) is 2.31. The monoisotopic (exact) mass is 287 g/mol. The van der Waals surface area contributed by atoms with Crippen LogP contribution in [-0.4, -0.2) is 22.9 Å². The van der Waals surface area contributed by atoms with Crippen LogP contribution in [0.2, 0.25) is 0 Å². The van der Waals surface area contributed by atoms with Crippen LogP contribution in [0.3, 0.4) is 0 Å². The van der Waals surface area contributed by atoms with E-state index in [9.17, 15) is 14.4 Å². The number of anilines is 1. The Morgan fingerprint density at radius 1 is 1.10 bits per heavy atom. The summed E-state index contributed by atoms with van der Waals surface area (Å²) in [4.78, 5) is 37.1. The normalized spacial score (nSPS) is 28.6. The quantitative estimate of drug-likeness (QED) is 0.847. The molecule has 1 saturated carbocycles. The zero-order chi connectivity index (χ0) is 15.1. The molecule has 1 aromatic carbocycles. The highest BCUT2D eigenvalue weighted by atomic mass is 16.4. The summed E-state index contributed by atoms with van der Waals surface area (Å²) in [5.74, 6) is -1.24. The van der Waals surface area contributed by atoms with E-state index < -0.39 is 5.97 Å². The molecular weight excluding hydrogens is 270 g/mol. The van der Waals surface area contributed by atoms with Crippen LogP contribution in [0, 0.1) is 17.8 Å². The van der Waals surface area contributed by atoms with Gasteiger partial charge < -0.3 is 5.11 Å². The number of hydrogen-bond donors (Lipinski definition) is 1. The molecule has 5 heteroatoms. The number of carbonyl (C=O) groups is 3. The molecule has 1 N–H and O–H groups in total. The first-order valence-electron chi connectivity index (χ1n) is 7.20. The summed E-state index contributed by atoms with van der Waals surface area (Å²) in [5, 5.41) is 8.90. The van der Waals surface area contributed by atoms with Gasteiger partial charge in [0, 0.05) is 0 Å². The summed E-state index contributed by atoms with van der Waals surface area (Å²) in [6.07, 6.45) is 2.51. The number of carboxylic acid groups (broad SMARTS) is 1. The van der Waals surface area contributed by atoms with Gasteiger partial charge in [0.05, 0.1) is 23.1 Å². The van der Waals surface area contributed by atoms with Crippen LogP contribution in [0.1, 0.15) is 36.5 Å². The molecule has 21 heavy (non-hydrogen) atoms. The number of aromatic carboxylic acids is 1. The van der Waals surface area contributed by atoms with Crippen molar-refractivity contribution in [3.63, 3.8) is 0 Å². The SMILES string of the molecule is C[C@@H]1CC[C@H]2C(=O)N(c3ccc(C(=O)O)cc3)C(=O)[C@H]2C1. The second-order valence-corrected chi connectivity index (χ2v) is 6.00. The largest absolute Gasteiger partial charge is 0.478 e. The van der Waals surface area contributed by atoms with Crippen LogP contribution in [0.4, 0.5) is 5.69 Å². The molecular formula is C16H17NO4. The highest BCUT2D eigenvalue weighted by Gasteiger charge is 2.49. The van der Waals surface area contributed by atoms with Crippen molar-refractivity contribution in [2.24, 2.45) is 17.8 Å². The Balaban J connectivity index is 1.90. The van der Waals surface area contributed by atoms with Crippen LogP contribution in [0.25, 0.3) is 0 Å². The number of benzene rings is 1. The second kappa shape index (κ2) is 4.98. The molecule has 0 radical (unpaired) electrons. The van der Waals surface area contributed by atoms with Crippen molar-refractivity contribution in [2.45, 2.75) is 26.2 Å². The molecule has 1 aliphatic carbocycles. The van der Waals surface area contributed by atoms with Crippen molar-refractivity contribution < 1.29 is 19.5 Å². The fourth-order valence-electron chi connectivity index (χ4n) is 3.40. The third-order valence-electron chi connectivity index (χ3n) is 4.56. The van der Waals surface area contributed by atoms with E-state index in [1.54, 1.807) is 0 Å². The number of carbonyl (C=O) groups excluding carboxylic acids is 2. The van der Waals surface area contributed by atoms with Crippen LogP contribution in [0.15, 0.2) is 24.3 Å². The number of carboxylic acids is 1. The van der Waals surface area contributed by atoms with Gasteiger partial charge in [-0.25, -0.2) is 4.79 Å². The molecule has 1 aliphatic heterocycles. The molecule has 0 unspecified atom stereocenters.